The molecule has 0 aliphatic heterocycles. The minimum atomic E-state index is 0.723. The van der Waals surface area contributed by atoms with Crippen LogP contribution in [0.4, 0.5) is 0 Å². The minimum Gasteiger partial charge on any atom is -0.316 e. The monoisotopic (exact) mass is 245 g/mol. The molecule has 4 saturated carbocycles. The van der Waals surface area contributed by atoms with Crippen molar-refractivity contribution in [3.63, 3.8) is 0 Å². The van der Waals surface area contributed by atoms with Crippen molar-refractivity contribution >= 4 is 0 Å². The lowest BCUT2D eigenvalue weighted by molar-refractivity contribution is -0.0515. The molecule has 18 heavy (non-hydrogen) atoms. The van der Waals surface area contributed by atoms with E-state index in [1.54, 1.807) is 38.5 Å². The molecule has 0 atom stereocenters. The molecule has 5 rings (SSSR count). The van der Waals surface area contributed by atoms with Crippen LogP contribution in [-0.2, 0) is 0 Å². The third-order valence-electron chi connectivity index (χ3n) is 6.20. The van der Waals surface area contributed by atoms with E-state index in [-0.39, 0.29) is 0 Å². The summed E-state index contributed by atoms with van der Waals surface area (Å²) in [6, 6.07) is 0. The molecule has 0 radical (unpaired) electrons. The van der Waals surface area contributed by atoms with Crippen molar-refractivity contribution in [1.29, 1.82) is 0 Å². The van der Waals surface area contributed by atoms with Crippen LogP contribution in [0, 0.1) is 29.1 Å². The quantitative estimate of drug-likeness (QED) is 0.744. The van der Waals surface area contributed by atoms with E-state index in [4.69, 9.17) is 0 Å². The smallest absolute Gasteiger partial charge is 0.000823 e. The van der Waals surface area contributed by atoms with Gasteiger partial charge in [-0.1, -0.05) is 12.2 Å². The van der Waals surface area contributed by atoms with E-state index >= 15 is 0 Å². The van der Waals surface area contributed by atoms with E-state index in [1.165, 1.54) is 25.9 Å². The van der Waals surface area contributed by atoms with Gasteiger partial charge in [0.05, 0.1) is 0 Å². The second-order valence-corrected chi connectivity index (χ2v) is 7.86. The van der Waals surface area contributed by atoms with Gasteiger partial charge in [0.25, 0.3) is 0 Å². The molecule has 4 fully saturated rings. The van der Waals surface area contributed by atoms with Crippen LogP contribution in [-0.4, -0.2) is 13.1 Å². The van der Waals surface area contributed by atoms with Crippen molar-refractivity contribution in [3.8, 4) is 0 Å². The molecule has 0 spiro atoms. The number of rotatable bonds is 4. The Kier molecular flexibility index (Phi) is 2.80. The molecule has 0 aromatic rings. The van der Waals surface area contributed by atoms with Crippen molar-refractivity contribution in [2.45, 2.75) is 51.4 Å². The van der Waals surface area contributed by atoms with Crippen molar-refractivity contribution in [2.24, 2.45) is 29.1 Å². The van der Waals surface area contributed by atoms with Crippen LogP contribution in [0.2, 0.25) is 0 Å². The van der Waals surface area contributed by atoms with Gasteiger partial charge in [0, 0.05) is 6.54 Å². The highest BCUT2D eigenvalue weighted by atomic mass is 14.9. The van der Waals surface area contributed by atoms with Gasteiger partial charge in [-0.3, -0.25) is 0 Å². The Morgan fingerprint density at radius 3 is 2.00 bits per heavy atom. The second kappa shape index (κ2) is 4.37. The van der Waals surface area contributed by atoms with E-state index in [9.17, 15) is 0 Å². The van der Waals surface area contributed by atoms with E-state index < -0.39 is 0 Å². The first kappa shape index (κ1) is 11.5. The molecule has 1 nitrogen and oxygen atoms in total. The summed E-state index contributed by atoms with van der Waals surface area (Å²) in [5.74, 6) is 4.21. The number of allylic oxidation sites excluding steroid dienone is 2. The van der Waals surface area contributed by atoms with Gasteiger partial charge in [-0.2, -0.15) is 0 Å². The third-order valence-corrected chi connectivity index (χ3v) is 6.20. The maximum absolute atomic E-state index is 3.84. The molecule has 1 N–H and O–H groups in total. The van der Waals surface area contributed by atoms with Gasteiger partial charge < -0.3 is 5.32 Å². The first-order chi connectivity index (χ1) is 8.81. The lowest BCUT2D eigenvalue weighted by atomic mass is 9.49. The predicted molar refractivity (Wildman–Crippen MR) is 75.3 cm³/mol. The third kappa shape index (κ3) is 2.05. The molecule has 1 heteroatoms. The summed E-state index contributed by atoms with van der Waals surface area (Å²) >= 11 is 0. The zero-order chi connectivity index (χ0) is 12.0. The van der Waals surface area contributed by atoms with Gasteiger partial charge in [0.15, 0.2) is 0 Å². The molecular weight excluding hydrogens is 218 g/mol. The first-order valence-electron chi connectivity index (χ1n) is 8.17. The summed E-state index contributed by atoms with van der Waals surface area (Å²) in [4.78, 5) is 0. The van der Waals surface area contributed by atoms with Gasteiger partial charge in [0.2, 0.25) is 0 Å². The van der Waals surface area contributed by atoms with Crippen LogP contribution >= 0.6 is 0 Å². The Bertz CT molecular complexity index is 300. The molecule has 0 aromatic heterocycles. The average Bonchev–Trinajstić information content (AvgIpc) is 2.79. The normalized spacial score (nSPS) is 46.1. The van der Waals surface area contributed by atoms with Crippen molar-refractivity contribution in [3.05, 3.63) is 12.2 Å². The number of nitrogens with one attached hydrogen (secondary N) is 1. The molecular formula is C17H27N. The maximum Gasteiger partial charge on any atom is 0.000823 e. The molecule has 0 amide bonds. The Hall–Kier alpha value is -0.300. The van der Waals surface area contributed by atoms with E-state index in [2.05, 4.69) is 17.5 Å². The highest BCUT2D eigenvalue weighted by molar-refractivity contribution is 5.02. The molecule has 0 heterocycles. The molecule has 4 bridgehead atoms. The molecule has 0 unspecified atom stereocenters. The summed E-state index contributed by atoms with van der Waals surface area (Å²) in [5.41, 5.74) is 0.723. The largest absolute Gasteiger partial charge is 0.316 e. The van der Waals surface area contributed by atoms with E-state index in [0.29, 0.717) is 0 Å². The van der Waals surface area contributed by atoms with Crippen molar-refractivity contribution < 1.29 is 0 Å². The lowest BCUT2D eigenvalue weighted by Crippen LogP contribution is -2.50. The van der Waals surface area contributed by atoms with Gasteiger partial charge >= 0.3 is 0 Å². The Morgan fingerprint density at radius 2 is 1.44 bits per heavy atom. The standard InChI is InChI=1S/C17H27N/c1-2-4-13(3-1)11-18-12-17-8-14-5-15(9-17)7-16(6-14)10-17/h1-2,13-16,18H,3-12H2. The van der Waals surface area contributed by atoms with Gasteiger partial charge in [-0.05, 0) is 87.0 Å². The summed E-state index contributed by atoms with van der Waals surface area (Å²) in [6.07, 6.45) is 16.7. The van der Waals surface area contributed by atoms with Crippen LogP contribution in [0.25, 0.3) is 0 Å². The average molecular weight is 245 g/mol. The minimum absolute atomic E-state index is 0.723. The highest BCUT2D eigenvalue weighted by Gasteiger charge is 2.50. The molecule has 0 aromatic carbocycles. The summed E-state index contributed by atoms with van der Waals surface area (Å²) in [6.45, 7) is 2.59. The summed E-state index contributed by atoms with van der Waals surface area (Å²) < 4.78 is 0. The highest BCUT2D eigenvalue weighted by Crippen LogP contribution is 2.59. The zero-order valence-corrected chi connectivity index (χ0v) is 11.5. The Balaban J connectivity index is 1.33. The van der Waals surface area contributed by atoms with E-state index in [1.807, 2.05) is 0 Å². The van der Waals surface area contributed by atoms with Gasteiger partial charge in [-0.15, -0.1) is 0 Å². The van der Waals surface area contributed by atoms with Crippen LogP contribution < -0.4 is 5.32 Å². The maximum atomic E-state index is 3.84. The molecule has 100 valence electrons. The predicted octanol–water partition coefficient (Wildman–Crippen LogP) is 3.76. The second-order valence-electron chi connectivity index (χ2n) is 7.86. The SMILES string of the molecule is C1=CCC(CNCC23CC4CC(CC(C4)C2)C3)C1. The van der Waals surface area contributed by atoms with E-state index in [0.717, 1.165) is 29.1 Å². The summed E-state index contributed by atoms with van der Waals surface area (Å²) in [5, 5.41) is 3.84. The fourth-order valence-electron chi connectivity index (χ4n) is 5.89. The van der Waals surface area contributed by atoms with Gasteiger partial charge in [-0.25, -0.2) is 0 Å². The number of hydrogen-bond donors (Lipinski definition) is 1. The van der Waals surface area contributed by atoms with Crippen LogP contribution in [0.5, 0.6) is 0 Å². The Morgan fingerprint density at radius 1 is 0.889 bits per heavy atom. The molecule has 0 saturated heterocycles. The topological polar surface area (TPSA) is 12.0 Å². The fourth-order valence-corrected chi connectivity index (χ4v) is 5.89. The van der Waals surface area contributed by atoms with Crippen LogP contribution in [0.3, 0.4) is 0 Å². The van der Waals surface area contributed by atoms with Crippen LogP contribution in [0.1, 0.15) is 51.4 Å². The lowest BCUT2D eigenvalue weighted by Gasteiger charge is -2.57. The zero-order valence-electron chi connectivity index (χ0n) is 11.5. The fraction of sp³-hybridized carbons (Fsp3) is 0.882. The number of hydrogen-bond acceptors (Lipinski definition) is 1. The molecule has 5 aliphatic rings. The Labute approximate surface area is 111 Å². The first-order valence-corrected chi connectivity index (χ1v) is 8.17. The van der Waals surface area contributed by atoms with Gasteiger partial charge in [0.1, 0.15) is 0 Å². The molecule has 5 aliphatic carbocycles. The van der Waals surface area contributed by atoms with Crippen molar-refractivity contribution in [2.75, 3.05) is 13.1 Å². The van der Waals surface area contributed by atoms with Crippen LogP contribution in [0.15, 0.2) is 12.2 Å². The van der Waals surface area contributed by atoms with Crippen molar-refractivity contribution in [1.82, 2.24) is 5.32 Å². The summed E-state index contributed by atoms with van der Waals surface area (Å²) in [7, 11) is 0.